The van der Waals surface area contributed by atoms with Crippen LogP contribution in [0.25, 0.3) is 11.3 Å². The van der Waals surface area contributed by atoms with E-state index in [4.69, 9.17) is 25.8 Å². The lowest BCUT2D eigenvalue weighted by atomic mass is 10.1. The number of esters is 1. The molecule has 0 saturated heterocycles. The number of ether oxygens (including phenoxy) is 3. The van der Waals surface area contributed by atoms with Gasteiger partial charge in [-0.2, -0.15) is 10.3 Å². The van der Waals surface area contributed by atoms with Crippen LogP contribution >= 0.6 is 11.6 Å². The maximum Gasteiger partial charge on any atom is 0.361 e. The van der Waals surface area contributed by atoms with E-state index in [1.165, 1.54) is 0 Å². The van der Waals surface area contributed by atoms with Crippen LogP contribution in [0, 0.1) is 0 Å². The summed E-state index contributed by atoms with van der Waals surface area (Å²) in [4.78, 5) is 12.0. The molecule has 2 aromatic carbocycles. The molecule has 27 heavy (non-hydrogen) atoms. The van der Waals surface area contributed by atoms with Crippen molar-refractivity contribution in [3.05, 3.63) is 58.7 Å². The van der Waals surface area contributed by atoms with E-state index in [0.29, 0.717) is 27.8 Å². The summed E-state index contributed by atoms with van der Waals surface area (Å²) >= 11 is 6.13. The van der Waals surface area contributed by atoms with Gasteiger partial charge in [0.1, 0.15) is 23.8 Å². The summed E-state index contributed by atoms with van der Waals surface area (Å²) in [6.07, 6.45) is 0. The molecule has 0 fully saturated rings. The number of para-hydroxylation sites is 1. The van der Waals surface area contributed by atoms with Crippen molar-refractivity contribution in [3.63, 3.8) is 0 Å². The summed E-state index contributed by atoms with van der Waals surface area (Å²) in [5, 5.41) is 11.0. The first kappa shape index (κ1) is 18.7. The second-order valence-corrected chi connectivity index (χ2v) is 5.89. The SMILES string of the molecule is CCOC(=O)c1n[nH]nc1-c1ccc(OC)c(COc2ccccc2Cl)c1. The van der Waals surface area contributed by atoms with E-state index < -0.39 is 5.97 Å². The fourth-order valence-corrected chi connectivity index (χ4v) is 2.72. The van der Waals surface area contributed by atoms with Gasteiger partial charge in [-0.05, 0) is 37.3 Å². The van der Waals surface area contributed by atoms with Gasteiger partial charge in [-0.1, -0.05) is 23.7 Å². The number of benzene rings is 2. The van der Waals surface area contributed by atoms with Gasteiger partial charge in [0.25, 0.3) is 0 Å². The first-order chi connectivity index (χ1) is 13.1. The highest BCUT2D eigenvalue weighted by Gasteiger charge is 2.20. The molecule has 7 nitrogen and oxygen atoms in total. The fraction of sp³-hybridized carbons (Fsp3) is 0.211. The molecule has 1 aromatic heterocycles. The summed E-state index contributed by atoms with van der Waals surface area (Å²) in [6, 6.07) is 12.6. The number of H-pyrrole nitrogens is 1. The smallest absolute Gasteiger partial charge is 0.361 e. The zero-order valence-corrected chi connectivity index (χ0v) is 15.6. The van der Waals surface area contributed by atoms with Crippen molar-refractivity contribution < 1.29 is 19.0 Å². The zero-order chi connectivity index (χ0) is 19.2. The topological polar surface area (TPSA) is 86.3 Å². The van der Waals surface area contributed by atoms with Crippen LogP contribution in [-0.4, -0.2) is 35.1 Å². The lowest BCUT2D eigenvalue weighted by Gasteiger charge is -2.12. The van der Waals surface area contributed by atoms with E-state index in [2.05, 4.69) is 15.4 Å². The summed E-state index contributed by atoms with van der Waals surface area (Å²) < 4.78 is 16.2. The maximum atomic E-state index is 12.0. The Labute approximate surface area is 161 Å². The quantitative estimate of drug-likeness (QED) is 0.619. The Bertz CT molecular complexity index is 942. The molecule has 0 unspecified atom stereocenters. The van der Waals surface area contributed by atoms with E-state index in [0.717, 1.165) is 5.56 Å². The summed E-state index contributed by atoms with van der Waals surface area (Å²) in [5.41, 5.74) is 1.98. The third-order valence-corrected chi connectivity index (χ3v) is 4.10. The van der Waals surface area contributed by atoms with Gasteiger partial charge in [-0.3, -0.25) is 0 Å². The number of hydrogen-bond acceptors (Lipinski definition) is 6. The van der Waals surface area contributed by atoms with Crippen molar-refractivity contribution in [2.45, 2.75) is 13.5 Å². The average molecular weight is 388 g/mol. The van der Waals surface area contributed by atoms with Crippen LogP contribution in [0.1, 0.15) is 23.0 Å². The Hall–Kier alpha value is -3.06. The lowest BCUT2D eigenvalue weighted by molar-refractivity contribution is 0.0520. The monoisotopic (exact) mass is 387 g/mol. The van der Waals surface area contributed by atoms with E-state index in [1.54, 1.807) is 38.3 Å². The highest BCUT2D eigenvalue weighted by Crippen LogP contribution is 2.30. The average Bonchev–Trinajstić information content (AvgIpc) is 3.17. The Morgan fingerprint density at radius 2 is 1.96 bits per heavy atom. The van der Waals surface area contributed by atoms with Crippen molar-refractivity contribution in [3.8, 4) is 22.8 Å². The van der Waals surface area contributed by atoms with E-state index in [1.807, 2.05) is 18.2 Å². The first-order valence-electron chi connectivity index (χ1n) is 8.26. The molecule has 1 N–H and O–H groups in total. The largest absolute Gasteiger partial charge is 0.496 e. The van der Waals surface area contributed by atoms with Crippen LogP contribution in [0.15, 0.2) is 42.5 Å². The molecule has 0 spiro atoms. The molecule has 0 aliphatic carbocycles. The Morgan fingerprint density at radius 1 is 1.15 bits per heavy atom. The Morgan fingerprint density at radius 3 is 2.70 bits per heavy atom. The highest BCUT2D eigenvalue weighted by molar-refractivity contribution is 6.32. The third-order valence-electron chi connectivity index (χ3n) is 3.79. The van der Waals surface area contributed by atoms with Crippen LogP contribution in [0.3, 0.4) is 0 Å². The first-order valence-corrected chi connectivity index (χ1v) is 8.64. The molecule has 140 valence electrons. The Balaban J connectivity index is 1.89. The summed E-state index contributed by atoms with van der Waals surface area (Å²) in [5.74, 6) is 0.679. The second-order valence-electron chi connectivity index (χ2n) is 5.49. The molecule has 0 radical (unpaired) electrons. The highest BCUT2D eigenvalue weighted by atomic mass is 35.5. The minimum Gasteiger partial charge on any atom is -0.496 e. The molecular formula is C19H18ClN3O4. The number of hydrogen-bond donors (Lipinski definition) is 1. The van der Waals surface area contributed by atoms with Crippen LogP contribution in [0.4, 0.5) is 0 Å². The van der Waals surface area contributed by atoms with Gasteiger partial charge >= 0.3 is 5.97 Å². The van der Waals surface area contributed by atoms with Gasteiger partial charge < -0.3 is 14.2 Å². The standard InChI is InChI=1S/C19H18ClN3O4/c1-3-26-19(24)18-17(21-23-22-18)12-8-9-15(25-2)13(10-12)11-27-16-7-5-4-6-14(16)20/h4-10H,3,11H2,1-2H3,(H,21,22,23). The number of carbonyl (C=O) groups is 1. The van der Waals surface area contributed by atoms with Crippen LogP contribution in [0.5, 0.6) is 11.5 Å². The van der Waals surface area contributed by atoms with E-state index in [-0.39, 0.29) is 18.9 Å². The van der Waals surface area contributed by atoms with E-state index >= 15 is 0 Å². The van der Waals surface area contributed by atoms with Crippen molar-refractivity contribution in [2.24, 2.45) is 0 Å². The van der Waals surface area contributed by atoms with Crippen molar-refractivity contribution in [1.29, 1.82) is 0 Å². The molecule has 3 aromatic rings. The predicted molar refractivity (Wildman–Crippen MR) is 100 cm³/mol. The van der Waals surface area contributed by atoms with E-state index in [9.17, 15) is 4.79 Å². The van der Waals surface area contributed by atoms with Crippen molar-refractivity contribution in [1.82, 2.24) is 15.4 Å². The number of aromatic nitrogens is 3. The van der Waals surface area contributed by atoms with Gasteiger partial charge in [0.05, 0.1) is 18.7 Å². The van der Waals surface area contributed by atoms with Crippen molar-refractivity contribution >= 4 is 17.6 Å². The normalized spacial score (nSPS) is 10.5. The van der Waals surface area contributed by atoms with Crippen molar-refractivity contribution in [2.75, 3.05) is 13.7 Å². The predicted octanol–water partition coefficient (Wildman–Crippen LogP) is 3.89. The molecule has 3 rings (SSSR count). The molecule has 8 heteroatoms. The minimum absolute atomic E-state index is 0.125. The molecule has 0 aliphatic rings. The molecule has 0 bridgehead atoms. The second kappa shape index (κ2) is 8.55. The van der Waals surface area contributed by atoms with Gasteiger partial charge in [0.15, 0.2) is 5.69 Å². The van der Waals surface area contributed by atoms with Crippen LogP contribution in [0.2, 0.25) is 5.02 Å². The molecule has 1 heterocycles. The maximum absolute atomic E-state index is 12.0. The molecule has 0 amide bonds. The molecular weight excluding hydrogens is 370 g/mol. The fourth-order valence-electron chi connectivity index (χ4n) is 2.53. The molecule has 0 aliphatic heterocycles. The summed E-state index contributed by atoms with van der Waals surface area (Å²) in [7, 11) is 1.58. The lowest BCUT2D eigenvalue weighted by Crippen LogP contribution is -2.07. The summed E-state index contributed by atoms with van der Waals surface area (Å²) in [6.45, 7) is 2.22. The number of nitrogens with zero attached hydrogens (tertiary/aromatic N) is 2. The molecule has 0 atom stereocenters. The number of carbonyl (C=O) groups excluding carboxylic acids is 1. The third kappa shape index (κ3) is 4.20. The van der Waals surface area contributed by atoms with Crippen LogP contribution in [-0.2, 0) is 11.3 Å². The van der Waals surface area contributed by atoms with Gasteiger partial charge in [-0.25, -0.2) is 4.79 Å². The number of nitrogens with one attached hydrogen (secondary N) is 1. The number of halogens is 1. The molecule has 0 saturated carbocycles. The van der Waals surface area contributed by atoms with Crippen LogP contribution < -0.4 is 9.47 Å². The number of rotatable bonds is 7. The van der Waals surface area contributed by atoms with Gasteiger partial charge in [0.2, 0.25) is 0 Å². The Kier molecular flexibility index (Phi) is 5.93. The number of methoxy groups -OCH3 is 1. The van der Waals surface area contributed by atoms with Gasteiger partial charge in [-0.15, -0.1) is 5.10 Å². The zero-order valence-electron chi connectivity index (χ0n) is 14.9. The van der Waals surface area contributed by atoms with Gasteiger partial charge in [0, 0.05) is 11.1 Å². The number of aromatic amines is 1. The minimum atomic E-state index is -0.536.